The summed E-state index contributed by atoms with van der Waals surface area (Å²) in [5.74, 6) is -2.01. The van der Waals surface area contributed by atoms with Crippen molar-refractivity contribution in [2.45, 2.75) is 115 Å². The third-order valence-corrected chi connectivity index (χ3v) is 6.38. The molecule has 0 aromatic heterocycles. The molecule has 0 amide bonds. The highest BCUT2D eigenvalue weighted by Gasteiger charge is 2.35. The van der Waals surface area contributed by atoms with Gasteiger partial charge in [0, 0.05) is 0 Å². The SMILES string of the molecule is C=CCCOC(=O)C(CC(=O)OCCCCCCCCCCCCCCCC)S(=O)(=O)O. The number of carbonyl (C=O) groups excluding carboxylic acids is 2. The number of hydrogen-bond donors (Lipinski definition) is 1. The highest BCUT2D eigenvalue weighted by Crippen LogP contribution is 2.13. The molecule has 8 heteroatoms. The molecule has 0 saturated carbocycles. The van der Waals surface area contributed by atoms with Gasteiger partial charge in [-0.1, -0.05) is 96.5 Å². The summed E-state index contributed by atoms with van der Waals surface area (Å²) in [7, 11) is -4.76. The fraction of sp³-hybridized carbons (Fsp3) is 0.833. The van der Waals surface area contributed by atoms with Gasteiger partial charge in [-0.05, 0) is 12.8 Å². The van der Waals surface area contributed by atoms with Crippen molar-refractivity contribution >= 4 is 22.1 Å². The predicted octanol–water partition coefficient (Wildman–Crippen LogP) is 5.78. The number of ether oxygens (including phenoxy) is 2. The van der Waals surface area contributed by atoms with Gasteiger partial charge in [-0.25, -0.2) is 0 Å². The van der Waals surface area contributed by atoms with Crippen molar-refractivity contribution in [1.82, 2.24) is 0 Å². The first-order valence-electron chi connectivity index (χ1n) is 12.2. The maximum Gasteiger partial charge on any atom is 0.327 e. The van der Waals surface area contributed by atoms with Gasteiger partial charge in [-0.2, -0.15) is 8.42 Å². The predicted molar refractivity (Wildman–Crippen MR) is 127 cm³/mol. The lowest BCUT2D eigenvalue weighted by molar-refractivity contribution is -0.150. The molecule has 0 aromatic carbocycles. The van der Waals surface area contributed by atoms with Gasteiger partial charge in [0.05, 0.1) is 19.6 Å². The van der Waals surface area contributed by atoms with Gasteiger partial charge in [0.1, 0.15) is 0 Å². The van der Waals surface area contributed by atoms with Crippen LogP contribution in [-0.4, -0.2) is 43.4 Å². The van der Waals surface area contributed by atoms with E-state index in [0.717, 1.165) is 19.3 Å². The van der Waals surface area contributed by atoms with Gasteiger partial charge < -0.3 is 9.47 Å². The summed E-state index contributed by atoms with van der Waals surface area (Å²) < 4.78 is 41.7. The summed E-state index contributed by atoms with van der Waals surface area (Å²) >= 11 is 0. The first-order chi connectivity index (χ1) is 15.3. The molecule has 0 heterocycles. The molecular formula is C24H44O7S. The molecule has 0 aliphatic rings. The molecule has 1 atom stereocenters. The molecule has 0 radical (unpaired) electrons. The Balaban J connectivity index is 3.74. The molecule has 1 unspecified atom stereocenters. The van der Waals surface area contributed by atoms with Crippen molar-refractivity contribution in [2.24, 2.45) is 0 Å². The maximum atomic E-state index is 11.8. The Morgan fingerprint density at radius 1 is 0.812 bits per heavy atom. The number of rotatable bonds is 22. The molecule has 0 aliphatic heterocycles. The monoisotopic (exact) mass is 476 g/mol. The summed E-state index contributed by atoms with van der Waals surface area (Å²) in [4.78, 5) is 23.7. The lowest BCUT2D eigenvalue weighted by Gasteiger charge is -2.12. The van der Waals surface area contributed by atoms with Crippen molar-refractivity contribution < 1.29 is 32.0 Å². The van der Waals surface area contributed by atoms with Crippen LogP contribution in [-0.2, 0) is 29.2 Å². The van der Waals surface area contributed by atoms with Crippen molar-refractivity contribution in [3.8, 4) is 0 Å². The highest BCUT2D eigenvalue weighted by atomic mass is 32.2. The summed E-state index contributed by atoms with van der Waals surface area (Å²) in [6, 6.07) is 0. The number of esters is 2. The molecule has 0 aliphatic carbocycles. The van der Waals surface area contributed by atoms with Crippen LogP contribution in [0.2, 0.25) is 0 Å². The normalized spacial score (nSPS) is 12.3. The van der Waals surface area contributed by atoms with Gasteiger partial charge in [-0.15, -0.1) is 6.58 Å². The van der Waals surface area contributed by atoms with Crippen molar-refractivity contribution in [3.63, 3.8) is 0 Å². The molecule has 0 aromatic rings. The average Bonchev–Trinajstić information content (AvgIpc) is 2.74. The second-order valence-corrected chi connectivity index (χ2v) is 9.87. The molecule has 1 N–H and O–H groups in total. The Morgan fingerprint density at radius 3 is 1.72 bits per heavy atom. The summed E-state index contributed by atoms with van der Waals surface area (Å²) in [6.07, 6.45) is 18.1. The molecular weight excluding hydrogens is 432 g/mol. The Bertz CT molecular complexity index is 601. The molecule has 0 rings (SSSR count). The van der Waals surface area contributed by atoms with E-state index >= 15 is 0 Å². The van der Waals surface area contributed by atoms with Crippen LogP contribution in [0.1, 0.15) is 110 Å². The van der Waals surface area contributed by atoms with E-state index in [2.05, 4.69) is 13.5 Å². The van der Waals surface area contributed by atoms with Crippen LogP contribution < -0.4 is 0 Å². The lowest BCUT2D eigenvalue weighted by Crippen LogP contribution is -2.34. The second-order valence-electron chi connectivity index (χ2n) is 8.27. The van der Waals surface area contributed by atoms with Crippen LogP contribution >= 0.6 is 0 Å². The van der Waals surface area contributed by atoms with Crippen LogP contribution in [0.5, 0.6) is 0 Å². The van der Waals surface area contributed by atoms with E-state index in [0.29, 0.717) is 12.8 Å². The minimum Gasteiger partial charge on any atom is -0.466 e. The zero-order chi connectivity index (χ0) is 24.1. The van der Waals surface area contributed by atoms with Crippen molar-refractivity contribution in [3.05, 3.63) is 12.7 Å². The van der Waals surface area contributed by atoms with E-state index in [4.69, 9.17) is 9.47 Å². The van der Waals surface area contributed by atoms with Crippen molar-refractivity contribution in [1.29, 1.82) is 0 Å². The van der Waals surface area contributed by atoms with Crippen LogP contribution in [0.15, 0.2) is 12.7 Å². The fourth-order valence-corrected chi connectivity index (χ4v) is 4.00. The largest absolute Gasteiger partial charge is 0.466 e. The van der Waals surface area contributed by atoms with E-state index in [1.165, 1.54) is 70.3 Å². The average molecular weight is 477 g/mol. The first kappa shape index (κ1) is 30.6. The number of unbranched alkanes of at least 4 members (excludes halogenated alkanes) is 13. The molecule has 0 spiro atoms. The third-order valence-electron chi connectivity index (χ3n) is 5.30. The molecule has 0 fully saturated rings. The van der Waals surface area contributed by atoms with E-state index in [9.17, 15) is 22.6 Å². The smallest absolute Gasteiger partial charge is 0.327 e. The van der Waals surface area contributed by atoms with Gasteiger partial charge in [-0.3, -0.25) is 14.1 Å². The highest BCUT2D eigenvalue weighted by molar-refractivity contribution is 7.87. The number of hydrogen-bond acceptors (Lipinski definition) is 6. The van der Waals surface area contributed by atoms with Gasteiger partial charge in [0.2, 0.25) is 0 Å². The summed E-state index contributed by atoms with van der Waals surface area (Å²) in [5, 5.41) is -1.96. The quantitative estimate of drug-likeness (QED) is 0.0913. The lowest BCUT2D eigenvalue weighted by atomic mass is 10.0. The van der Waals surface area contributed by atoms with Gasteiger partial charge in [0.15, 0.2) is 5.25 Å². The second kappa shape index (κ2) is 20.2. The topological polar surface area (TPSA) is 107 Å². The van der Waals surface area contributed by atoms with E-state index in [1.807, 2.05) is 0 Å². The zero-order valence-corrected chi connectivity index (χ0v) is 20.7. The van der Waals surface area contributed by atoms with E-state index in [-0.39, 0.29) is 13.2 Å². The Kier molecular flexibility index (Phi) is 19.3. The van der Waals surface area contributed by atoms with Crippen LogP contribution in [0, 0.1) is 0 Å². The van der Waals surface area contributed by atoms with Gasteiger partial charge in [0.25, 0.3) is 10.1 Å². The standard InChI is InChI=1S/C24H44O7S/c1-3-5-7-8-9-10-11-12-13-14-15-16-17-18-20-30-23(25)21-22(32(27,28)29)24(26)31-19-6-4-2/h4,22H,2-3,5-21H2,1H3,(H,27,28,29). The zero-order valence-electron chi connectivity index (χ0n) is 19.9. The fourth-order valence-electron chi connectivity index (χ4n) is 3.34. The minimum absolute atomic E-state index is 0.0670. The molecule has 0 saturated heterocycles. The maximum absolute atomic E-state index is 11.8. The summed E-state index contributed by atoms with van der Waals surface area (Å²) in [6.45, 7) is 5.80. The van der Waals surface area contributed by atoms with Gasteiger partial charge >= 0.3 is 11.9 Å². The van der Waals surface area contributed by atoms with E-state index in [1.54, 1.807) is 0 Å². The summed E-state index contributed by atoms with van der Waals surface area (Å²) in [5.41, 5.74) is 0. The molecule has 0 bridgehead atoms. The Labute approximate surface area is 195 Å². The number of carbonyl (C=O) groups is 2. The Hall–Kier alpha value is -1.41. The van der Waals surface area contributed by atoms with Crippen LogP contribution in [0.4, 0.5) is 0 Å². The van der Waals surface area contributed by atoms with Crippen molar-refractivity contribution in [2.75, 3.05) is 13.2 Å². The van der Waals surface area contributed by atoms with E-state index < -0.39 is 33.7 Å². The molecule has 7 nitrogen and oxygen atoms in total. The molecule has 32 heavy (non-hydrogen) atoms. The minimum atomic E-state index is -4.76. The third kappa shape index (κ3) is 18.2. The van der Waals surface area contributed by atoms with Crippen LogP contribution in [0.3, 0.4) is 0 Å². The van der Waals surface area contributed by atoms with Crippen LogP contribution in [0.25, 0.3) is 0 Å². The Morgan fingerprint density at radius 2 is 1.28 bits per heavy atom. The first-order valence-corrected chi connectivity index (χ1v) is 13.7. The molecule has 188 valence electrons.